The van der Waals surface area contributed by atoms with E-state index in [4.69, 9.17) is 15.6 Å². The molecule has 0 unspecified atom stereocenters. The number of ether oxygens (including phenoxy) is 1. The van der Waals surface area contributed by atoms with Crippen molar-refractivity contribution in [3.05, 3.63) is 17.8 Å². The van der Waals surface area contributed by atoms with Crippen LogP contribution in [0, 0.1) is 5.92 Å². The zero-order valence-corrected chi connectivity index (χ0v) is 9.43. The van der Waals surface area contributed by atoms with Gasteiger partial charge in [-0.15, -0.1) is 0 Å². The van der Waals surface area contributed by atoms with Crippen molar-refractivity contribution in [3.63, 3.8) is 0 Å². The van der Waals surface area contributed by atoms with E-state index >= 15 is 0 Å². The monoisotopic (exact) mass is 224 g/mol. The Balaban J connectivity index is 2.73. The van der Waals surface area contributed by atoms with Crippen LogP contribution in [0.5, 0.6) is 5.88 Å². The number of hydrogen-bond acceptors (Lipinski definition) is 4. The predicted molar refractivity (Wildman–Crippen MR) is 60.6 cm³/mol. The largest absolute Gasteiger partial charge is 0.478 e. The van der Waals surface area contributed by atoms with Gasteiger partial charge in [-0.2, -0.15) is 0 Å². The summed E-state index contributed by atoms with van der Waals surface area (Å²) >= 11 is 0. The summed E-state index contributed by atoms with van der Waals surface area (Å²) in [4.78, 5) is 14.7. The van der Waals surface area contributed by atoms with Gasteiger partial charge in [0.2, 0.25) is 5.88 Å². The smallest absolute Gasteiger partial charge is 0.338 e. The molecule has 0 amide bonds. The number of aromatic carboxylic acids is 1. The number of carbonyl (C=O) groups is 1. The molecule has 5 heteroatoms. The van der Waals surface area contributed by atoms with Gasteiger partial charge in [0.1, 0.15) is 5.69 Å². The van der Waals surface area contributed by atoms with Gasteiger partial charge in [-0.1, -0.05) is 13.8 Å². The molecular formula is C11H16N2O3. The van der Waals surface area contributed by atoms with Gasteiger partial charge in [-0.3, -0.25) is 0 Å². The molecule has 0 aromatic carbocycles. The number of nitrogens with two attached hydrogens (primary N) is 1. The third kappa shape index (κ3) is 3.12. The lowest BCUT2D eigenvalue weighted by atomic mass is 10.1. The number of pyridine rings is 1. The molecule has 3 N–H and O–H groups in total. The summed E-state index contributed by atoms with van der Waals surface area (Å²) in [5.41, 5.74) is 5.74. The Morgan fingerprint density at radius 2 is 2.31 bits per heavy atom. The topological polar surface area (TPSA) is 85.4 Å². The van der Waals surface area contributed by atoms with Gasteiger partial charge < -0.3 is 15.6 Å². The number of nitrogens with zero attached hydrogens (tertiary/aromatic N) is 1. The summed E-state index contributed by atoms with van der Waals surface area (Å²) in [6.07, 6.45) is 2.25. The Bertz CT molecular complexity index is 377. The number of anilines is 1. The van der Waals surface area contributed by atoms with Crippen LogP contribution in [-0.2, 0) is 0 Å². The zero-order valence-electron chi connectivity index (χ0n) is 9.43. The number of carboxylic acid groups (broad SMARTS) is 1. The van der Waals surface area contributed by atoms with Crippen LogP contribution in [0.2, 0.25) is 0 Å². The highest BCUT2D eigenvalue weighted by molar-refractivity contribution is 5.94. The molecule has 0 bridgehead atoms. The van der Waals surface area contributed by atoms with Crippen molar-refractivity contribution < 1.29 is 14.6 Å². The molecule has 5 nitrogen and oxygen atoms in total. The number of hydrogen-bond donors (Lipinski definition) is 2. The fourth-order valence-corrected chi connectivity index (χ4v) is 1.15. The normalized spacial score (nSPS) is 10.4. The third-order valence-electron chi connectivity index (χ3n) is 2.12. The van der Waals surface area contributed by atoms with E-state index in [1.54, 1.807) is 0 Å². The second-order valence-corrected chi connectivity index (χ2v) is 3.91. The van der Waals surface area contributed by atoms with Crippen LogP contribution in [-0.4, -0.2) is 22.7 Å². The lowest BCUT2D eigenvalue weighted by molar-refractivity contribution is 0.0697. The van der Waals surface area contributed by atoms with Crippen molar-refractivity contribution in [1.29, 1.82) is 0 Å². The summed E-state index contributed by atoms with van der Waals surface area (Å²) in [6.45, 7) is 4.64. The maximum Gasteiger partial charge on any atom is 0.338 e. The van der Waals surface area contributed by atoms with Crippen molar-refractivity contribution in [2.45, 2.75) is 20.3 Å². The lowest BCUT2D eigenvalue weighted by Crippen LogP contribution is -2.08. The number of carboxylic acids is 1. The van der Waals surface area contributed by atoms with Crippen molar-refractivity contribution in [2.75, 3.05) is 12.3 Å². The van der Waals surface area contributed by atoms with Crippen LogP contribution in [0.4, 0.5) is 5.69 Å². The number of rotatable bonds is 5. The molecule has 88 valence electrons. The Morgan fingerprint density at radius 3 is 2.88 bits per heavy atom. The Labute approximate surface area is 94.2 Å². The lowest BCUT2D eigenvalue weighted by Gasteiger charge is -2.10. The molecule has 0 saturated heterocycles. The van der Waals surface area contributed by atoms with Crippen molar-refractivity contribution in [1.82, 2.24) is 4.98 Å². The number of aromatic nitrogens is 1. The molecule has 0 aliphatic rings. The first-order valence-electron chi connectivity index (χ1n) is 5.13. The fourth-order valence-electron chi connectivity index (χ4n) is 1.15. The molecule has 1 aromatic heterocycles. The molecule has 0 radical (unpaired) electrons. The highest BCUT2D eigenvalue weighted by atomic mass is 16.5. The highest BCUT2D eigenvalue weighted by Crippen LogP contribution is 2.22. The van der Waals surface area contributed by atoms with E-state index in [0.717, 1.165) is 6.42 Å². The van der Waals surface area contributed by atoms with Crippen LogP contribution in [0.15, 0.2) is 12.3 Å². The van der Waals surface area contributed by atoms with Crippen LogP contribution in [0.1, 0.15) is 30.6 Å². The Morgan fingerprint density at radius 1 is 1.62 bits per heavy atom. The first kappa shape index (κ1) is 12.3. The van der Waals surface area contributed by atoms with Crippen LogP contribution in [0.25, 0.3) is 0 Å². The highest BCUT2D eigenvalue weighted by Gasteiger charge is 2.13. The van der Waals surface area contributed by atoms with E-state index in [0.29, 0.717) is 12.5 Å². The molecule has 1 aromatic rings. The van der Waals surface area contributed by atoms with Gasteiger partial charge in [0.05, 0.1) is 12.2 Å². The summed E-state index contributed by atoms with van der Waals surface area (Å²) in [5, 5.41) is 8.84. The van der Waals surface area contributed by atoms with E-state index in [1.807, 2.05) is 0 Å². The molecule has 1 heterocycles. The fraction of sp³-hybridized carbons (Fsp3) is 0.455. The molecule has 0 aliphatic heterocycles. The second-order valence-electron chi connectivity index (χ2n) is 3.91. The maximum absolute atomic E-state index is 10.8. The average molecular weight is 224 g/mol. The molecular weight excluding hydrogens is 208 g/mol. The van der Waals surface area contributed by atoms with E-state index < -0.39 is 5.97 Å². The van der Waals surface area contributed by atoms with Crippen LogP contribution >= 0.6 is 0 Å². The minimum atomic E-state index is -1.08. The van der Waals surface area contributed by atoms with Crippen LogP contribution < -0.4 is 10.5 Å². The van der Waals surface area contributed by atoms with Crippen molar-refractivity contribution >= 4 is 11.7 Å². The molecule has 0 fully saturated rings. The third-order valence-corrected chi connectivity index (χ3v) is 2.12. The van der Waals surface area contributed by atoms with Crippen molar-refractivity contribution in [3.8, 4) is 5.88 Å². The molecule has 16 heavy (non-hydrogen) atoms. The van der Waals surface area contributed by atoms with E-state index in [9.17, 15) is 4.79 Å². The first-order chi connectivity index (χ1) is 7.52. The Kier molecular flexibility index (Phi) is 4.10. The maximum atomic E-state index is 10.8. The molecule has 1 rings (SSSR count). The molecule has 0 spiro atoms. The van der Waals surface area contributed by atoms with Gasteiger partial charge in [-0.25, -0.2) is 9.78 Å². The average Bonchev–Trinajstić information content (AvgIpc) is 2.19. The van der Waals surface area contributed by atoms with Crippen LogP contribution in [0.3, 0.4) is 0 Å². The Hall–Kier alpha value is -1.78. The van der Waals surface area contributed by atoms with Crippen molar-refractivity contribution in [2.24, 2.45) is 5.92 Å². The minimum absolute atomic E-state index is 0.0227. The summed E-state index contributed by atoms with van der Waals surface area (Å²) in [6, 6.07) is 1.35. The summed E-state index contributed by atoms with van der Waals surface area (Å²) in [5.74, 6) is -0.363. The second kappa shape index (κ2) is 5.34. The molecule has 0 atom stereocenters. The van der Waals surface area contributed by atoms with E-state index in [2.05, 4.69) is 18.8 Å². The van der Waals surface area contributed by atoms with Gasteiger partial charge in [0.25, 0.3) is 0 Å². The van der Waals surface area contributed by atoms with Gasteiger partial charge in [0, 0.05) is 6.20 Å². The number of nitrogen functional groups attached to an aromatic ring is 1. The van der Waals surface area contributed by atoms with E-state index in [-0.39, 0.29) is 17.1 Å². The quantitative estimate of drug-likeness (QED) is 0.796. The van der Waals surface area contributed by atoms with Gasteiger partial charge in [-0.05, 0) is 18.4 Å². The summed E-state index contributed by atoms with van der Waals surface area (Å²) in [7, 11) is 0. The SMILES string of the molecule is CC(C)CCOc1nccc(C(=O)O)c1N. The minimum Gasteiger partial charge on any atom is -0.478 e. The standard InChI is InChI=1S/C11H16N2O3/c1-7(2)4-6-16-10-9(12)8(11(14)15)3-5-13-10/h3,5,7H,4,6,12H2,1-2H3,(H,14,15). The zero-order chi connectivity index (χ0) is 12.1. The van der Waals surface area contributed by atoms with Gasteiger partial charge >= 0.3 is 5.97 Å². The predicted octanol–water partition coefficient (Wildman–Crippen LogP) is 1.79. The van der Waals surface area contributed by atoms with Gasteiger partial charge in [0.15, 0.2) is 0 Å². The van der Waals surface area contributed by atoms with E-state index in [1.165, 1.54) is 12.3 Å². The summed E-state index contributed by atoms with van der Waals surface area (Å²) < 4.78 is 5.34. The molecule has 0 aliphatic carbocycles. The first-order valence-corrected chi connectivity index (χ1v) is 5.13. The molecule has 0 saturated carbocycles.